The molecule has 0 spiro atoms. The van der Waals surface area contributed by atoms with Crippen LogP contribution in [0.1, 0.15) is 43.2 Å². The number of hydrogen-bond acceptors (Lipinski definition) is 3. The van der Waals surface area contributed by atoms with Gasteiger partial charge in [-0.05, 0) is 44.2 Å². The van der Waals surface area contributed by atoms with E-state index in [-0.39, 0.29) is 11.4 Å². The molecule has 1 aromatic heterocycles. The van der Waals surface area contributed by atoms with E-state index >= 15 is 0 Å². The first-order valence-electron chi connectivity index (χ1n) is 9.20. The Morgan fingerprint density at radius 1 is 1.21 bits per heavy atom. The van der Waals surface area contributed by atoms with E-state index in [2.05, 4.69) is 0 Å². The topological polar surface area (TPSA) is 54.9 Å². The summed E-state index contributed by atoms with van der Waals surface area (Å²) in [6, 6.07) is 5.21. The highest BCUT2D eigenvalue weighted by molar-refractivity contribution is 5.84. The standard InChI is InChI=1S/C20H25NO3/c1-13-18(22)7-6-17-16(10-19(23)24-20(13)17)12-21-9-8-14-4-2-3-5-15(14)11-21/h6-7,10,14-15,22H,2-5,8-9,11-12H2,1H3/p+1/t14-,15+/m0/s1. The first-order valence-corrected chi connectivity index (χ1v) is 9.20. The first-order chi connectivity index (χ1) is 11.6. The maximum absolute atomic E-state index is 12.0. The smallest absolute Gasteiger partial charge is 0.336 e. The van der Waals surface area contributed by atoms with Gasteiger partial charge in [0.05, 0.1) is 13.1 Å². The molecule has 0 amide bonds. The van der Waals surface area contributed by atoms with Crippen LogP contribution in [0.25, 0.3) is 11.0 Å². The summed E-state index contributed by atoms with van der Waals surface area (Å²) in [5.41, 5.74) is 1.91. The van der Waals surface area contributed by atoms with Crippen molar-refractivity contribution in [2.75, 3.05) is 13.1 Å². The van der Waals surface area contributed by atoms with Gasteiger partial charge in [0.1, 0.15) is 17.9 Å². The van der Waals surface area contributed by atoms with Crippen molar-refractivity contribution in [2.24, 2.45) is 11.8 Å². The summed E-state index contributed by atoms with van der Waals surface area (Å²) in [6.45, 7) is 5.09. The molecule has 24 heavy (non-hydrogen) atoms. The first kappa shape index (κ1) is 15.7. The fourth-order valence-corrected chi connectivity index (χ4v) is 4.79. The number of aryl methyl sites for hydroxylation is 1. The average molecular weight is 328 g/mol. The Labute approximate surface area is 142 Å². The lowest BCUT2D eigenvalue weighted by atomic mass is 9.75. The number of hydrogen-bond donors (Lipinski definition) is 2. The molecule has 4 nitrogen and oxygen atoms in total. The number of phenols is 1. The molecule has 0 bridgehead atoms. The van der Waals surface area contributed by atoms with Crippen LogP contribution in [0.2, 0.25) is 0 Å². The quantitative estimate of drug-likeness (QED) is 0.833. The second kappa shape index (κ2) is 6.25. The Hall–Kier alpha value is -1.81. The van der Waals surface area contributed by atoms with Crippen LogP contribution in [0, 0.1) is 18.8 Å². The summed E-state index contributed by atoms with van der Waals surface area (Å²) in [4.78, 5) is 13.6. The van der Waals surface area contributed by atoms with Crippen LogP contribution in [0.5, 0.6) is 5.75 Å². The highest BCUT2D eigenvalue weighted by Crippen LogP contribution is 2.33. The van der Waals surface area contributed by atoms with Crippen molar-refractivity contribution < 1.29 is 14.4 Å². The molecule has 2 fully saturated rings. The van der Waals surface area contributed by atoms with E-state index in [1.807, 2.05) is 6.07 Å². The molecule has 3 atom stereocenters. The predicted molar refractivity (Wildman–Crippen MR) is 93.4 cm³/mol. The van der Waals surface area contributed by atoms with Crippen LogP contribution in [0.15, 0.2) is 27.4 Å². The number of piperidine rings is 1. The van der Waals surface area contributed by atoms with Crippen LogP contribution in [0.4, 0.5) is 0 Å². The van der Waals surface area contributed by atoms with Gasteiger partial charge in [-0.1, -0.05) is 12.8 Å². The van der Waals surface area contributed by atoms with Crippen molar-refractivity contribution >= 4 is 11.0 Å². The third kappa shape index (κ3) is 2.84. The van der Waals surface area contributed by atoms with E-state index in [4.69, 9.17) is 4.42 Å². The van der Waals surface area contributed by atoms with E-state index < -0.39 is 0 Å². The van der Waals surface area contributed by atoms with Gasteiger partial charge in [0.25, 0.3) is 0 Å². The third-order valence-corrected chi connectivity index (χ3v) is 6.14. The Morgan fingerprint density at radius 3 is 2.83 bits per heavy atom. The molecule has 2 aromatic rings. The van der Waals surface area contributed by atoms with Crippen molar-refractivity contribution in [3.05, 3.63) is 39.7 Å². The molecule has 4 heteroatoms. The van der Waals surface area contributed by atoms with Crippen molar-refractivity contribution in [1.82, 2.24) is 0 Å². The fourth-order valence-electron chi connectivity index (χ4n) is 4.79. The summed E-state index contributed by atoms with van der Waals surface area (Å²) in [7, 11) is 0. The van der Waals surface area contributed by atoms with Gasteiger partial charge in [0.15, 0.2) is 0 Å². The van der Waals surface area contributed by atoms with Crippen molar-refractivity contribution in [3.8, 4) is 5.75 Å². The van der Waals surface area contributed by atoms with Gasteiger partial charge in [-0.3, -0.25) is 0 Å². The van der Waals surface area contributed by atoms with Crippen molar-refractivity contribution in [3.63, 3.8) is 0 Å². The van der Waals surface area contributed by atoms with Crippen molar-refractivity contribution in [1.29, 1.82) is 0 Å². The minimum atomic E-state index is -0.321. The molecule has 2 N–H and O–H groups in total. The number of rotatable bonds is 2. The summed E-state index contributed by atoms with van der Waals surface area (Å²) >= 11 is 0. The van der Waals surface area contributed by atoms with Gasteiger partial charge >= 0.3 is 5.63 Å². The molecule has 2 heterocycles. The second-order valence-corrected chi connectivity index (χ2v) is 7.65. The molecule has 1 aromatic carbocycles. The van der Waals surface area contributed by atoms with Crippen LogP contribution in [-0.2, 0) is 6.54 Å². The second-order valence-electron chi connectivity index (χ2n) is 7.65. The summed E-state index contributed by atoms with van der Waals surface area (Å²) < 4.78 is 5.36. The molecule has 1 aliphatic carbocycles. The van der Waals surface area contributed by atoms with Gasteiger partial charge in [0, 0.05) is 28.5 Å². The zero-order valence-electron chi connectivity index (χ0n) is 14.3. The summed E-state index contributed by atoms with van der Waals surface area (Å²) in [5.74, 6) is 1.97. The number of quaternary nitrogens is 1. The van der Waals surface area contributed by atoms with Gasteiger partial charge in [-0.25, -0.2) is 4.79 Å². The van der Waals surface area contributed by atoms with E-state index in [0.29, 0.717) is 11.1 Å². The lowest BCUT2D eigenvalue weighted by Gasteiger charge is -2.39. The maximum Gasteiger partial charge on any atom is 0.336 e. The number of likely N-dealkylation sites (tertiary alicyclic amines) is 1. The summed E-state index contributed by atoms with van der Waals surface area (Å²) in [5, 5.41) is 10.8. The molecule has 4 rings (SSSR count). The molecule has 0 radical (unpaired) electrons. The zero-order valence-corrected chi connectivity index (χ0v) is 14.3. The average Bonchev–Trinajstić information content (AvgIpc) is 2.58. The minimum Gasteiger partial charge on any atom is -0.508 e. The van der Waals surface area contributed by atoms with Gasteiger partial charge in [0.2, 0.25) is 0 Å². The van der Waals surface area contributed by atoms with Gasteiger partial charge in [-0.15, -0.1) is 0 Å². The summed E-state index contributed by atoms with van der Waals surface area (Å²) in [6.07, 6.45) is 6.89. The molecule has 1 saturated carbocycles. The zero-order chi connectivity index (χ0) is 16.7. The fraction of sp³-hybridized carbons (Fsp3) is 0.550. The van der Waals surface area contributed by atoms with E-state index in [0.717, 1.165) is 29.3 Å². The van der Waals surface area contributed by atoms with Gasteiger partial charge in [-0.2, -0.15) is 0 Å². The van der Waals surface area contributed by atoms with E-state index in [1.165, 1.54) is 45.2 Å². The maximum atomic E-state index is 12.0. The molecular weight excluding hydrogens is 302 g/mol. The Bertz CT molecular complexity index is 810. The minimum absolute atomic E-state index is 0.179. The SMILES string of the molecule is Cc1c(O)ccc2c(C[NH+]3CC[C@@H]4CCCC[C@@H]4C3)cc(=O)oc12. The number of aromatic hydroxyl groups is 1. The molecule has 1 unspecified atom stereocenters. The highest BCUT2D eigenvalue weighted by atomic mass is 16.4. The van der Waals surface area contributed by atoms with Crippen LogP contribution >= 0.6 is 0 Å². The number of benzene rings is 1. The van der Waals surface area contributed by atoms with E-state index in [9.17, 15) is 9.90 Å². The molecule has 2 aliphatic rings. The van der Waals surface area contributed by atoms with E-state index in [1.54, 1.807) is 24.0 Å². The Kier molecular flexibility index (Phi) is 4.09. The Balaban J connectivity index is 1.63. The molecular formula is C20H26NO3+. The predicted octanol–water partition coefficient (Wildman–Crippen LogP) is 2.40. The lowest BCUT2D eigenvalue weighted by molar-refractivity contribution is -0.924. The van der Waals surface area contributed by atoms with Crippen LogP contribution in [0.3, 0.4) is 0 Å². The molecule has 128 valence electrons. The number of phenolic OH excluding ortho intramolecular Hbond substituents is 1. The number of nitrogens with one attached hydrogen (secondary N) is 1. The van der Waals surface area contributed by atoms with Crippen LogP contribution in [-0.4, -0.2) is 18.2 Å². The number of fused-ring (bicyclic) bond motifs is 2. The lowest BCUT2D eigenvalue weighted by Crippen LogP contribution is -3.12. The monoisotopic (exact) mass is 328 g/mol. The van der Waals surface area contributed by atoms with Crippen molar-refractivity contribution in [2.45, 2.75) is 45.6 Å². The van der Waals surface area contributed by atoms with Gasteiger partial charge < -0.3 is 14.4 Å². The Morgan fingerprint density at radius 2 is 2.00 bits per heavy atom. The third-order valence-electron chi connectivity index (χ3n) is 6.14. The molecule has 1 aliphatic heterocycles. The largest absolute Gasteiger partial charge is 0.508 e. The normalized spacial score (nSPS) is 27.1. The van der Waals surface area contributed by atoms with Crippen LogP contribution < -0.4 is 10.5 Å². The highest BCUT2D eigenvalue weighted by Gasteiger charge is 2.33. The molecule has 1 saturated heterocycles.